The SMILES string of the molecule is Cc1ccc(CN(Cc2ccccc2)C[C@H](O)COC(C)C)o1. The van der Waals surface area contributed by atoms with E-state index in [-0.39, 0.29) is 6.10 Å². The molecule has 1 N–H and O–H groups in total. The molecule has 1 heterocycles. The lowest BCUT2D eigenvalue weighted by Crippen LogP contribution is -2.34. The summed E-state index contributed by atoms with van der Waals surface area (Å²) in [5.41, 5.74) is 1.22. The van der Waals surface area contributed by atoms with E-state index in [1.54, 1.807) is 0 Å². The van der Waals surface area contributed by atoms with E-state index in [9.17, 15) is 5.11 Å². The van der Waals surface area contributed by atoms with Gasteiger partial charge in [0.1, 0.15) is 11.5 Å². The number of hydrogen-bond donors (Lipinski definition) is 1. The molecular formula is C19H27NO3. The van der Waals surface area contributed by atoms with Gasteiger partial charge in [-0.25, -0.2) is 0 Å². The van der Waals surface area contributed by atoms with E-state index in [0.717, 1.165) is 18.1 Å². The van der Waals surface area contributed by atoms with Gasteiger partial charge in [0.2, 0.25) is 0 Å². The lowest BCUT2D eigenvalue weighted by atomic mass is 10.2. The van der Waals surface area contributed by atoms with Gasteiger partial charge in [-0.3, -0.25) is 4.90 Å². The summed E-state index contributed by atoms with van der Waals surface area (Å²) in [6, 6.07) is 14.2. The van der Waals surface area contributed by atoms with Crippen molar-refractivity contribution in [3.63, 3.8) is 0 Å². The third kappa shape index (κ3) is 6.57. The van der Waals surface area contributed by atoms with Crippen molar-refractivity contribution in [2.24, 2.45) is 0 Å². The molecule has 0 aliphatic carbocycles. The standard InChI is InChI=1S/C19H27NO3/c1-15(2)22-14-18(21)12-20(11-17-7-5-4-6-8-17)13-19-10-9-16(3)23-19/h4-10,15,18,21H,11-14H2,1-3H3/t18-/m0/s1. The molecule has 2 aromatic rings. The fraction of sp³-hybridized carbons (Fsp3) is 0.474. The van der Waals surface area contributed by atoms with E-state index in [4.69, 9.17) is 9.15 Å². The van der Waals surface area contributed by atoms with Crippen LogP contribution in [0, 0.1) is 6.92 Å². The zero-order valence-corrected chi connectivity index (χ0v) is 14.2. The third-order valence-electron chi connectivity index (χ3n) is 3.52. The summed E-state index contributed by atoms with van der Waals surface area (Å²) in [6.45, 7) is 8.21. The van der Waals surface area contributed by atoms with E-state index in [1.807, 2.05) is 51.1 Å². The number of furan rings is 1. The Kier molecular flexibility index (Phi) is 6.84. The minimum atomic E-state index is -0.517. The predicted molar refractivity (Wildman–Crippen MR) is 91.1 cm³/mol. The van der Waals surface area contributed by atoms with Crippen LogP contribution in [-0.2, 0) is 17.8 Å². The number of nitrogens with zero attached hydrogens (tertiary/aromatic N) is 1. The summed E-state index contributed by atoms with van der Waals surface area (Å²) in [5.74, 6) is 1.82. The Morgan fingerprint density at radius 1 is 1.09 bits per heavy atom. The van der Waals surface area contributed by atoms with Crippen molar-refractivity contribution in [1.82, 2.24) is 4.90 Å². The molecule has 0 amide bonds. The molecule has 23 heavy (non-hydrogen) atoms. The van der Waals surface area contributed by atoms with Gasteiger partial charge in [0.25, 0.3) is 0 Å². The second-order valence-electron chi connectivity index (χ2n) is 6.20. The van der Waals surface area contributed by atoms with Crippen LogP contribution in [0.25, 0.3) is 0 Å². The van der Waals surface area contributed by atoms with Crippen molar-refractivity contribution in [2.45, 2.75) is 46.1 Å². The van der Waals surface area contributed by atoms with Crippen molar-refractivity contribution >= 4 is 0 Å². The van der Waals surface area contributed by atoms with Gasteiger partial charge < -0.3 is 14.3 Å². The molecule has 0 fully saturated rings. The first-order chi connectivity index (χ1) is 11.0. The maximum Gasteiger partial charge on any atom is 0.118 e. The van der Waals surface area contributed by atoms with Gasteiger partial charge in [0, 0.05) is 13.1 Å². The number of hydrogen-bond acceptors (Lipinski definition) is 4. The highest BCUT2D eigenvalue weighted by Gasteiger charge is 2.15. The van der Waals surface area contributed by atoms with Crippen LogP contribution in [0.5, 0.6) is 0 Å². The molecule has 126 valence electrons. The number of benzene rings is 1. The van der Waals surface area contributed by atoms with Crippen molar-refractivity contribution in [3.8, 4) is 0 Å². The van der Waals surface area contributed by atoms with Gasteiger partial charge >= 0.3 is 0 Å². The maximum atomic E-state index is 10.2. The predicted octanol–water partition coefficient (Wildman–Crippen LogP) is 3.38. The van der Waals surface area contributed by atoms with Gasteiger partial charge in [0.05, 0.1) is 25.4 Å². The minimum Gasteiger partial charge on any atom is -0.465 e. The van der Waals surface area contributed by atoms with Crippen LogP contribution >= 0.6 is 0 Å². The third-order valence-corrected chi connectivity index (χ3v) is 3.52. The molecule has 0 unspecified atom stereocenters. The first kappa shape index (κ1) is 17.7. The van der Waals surface area contributed by atoms with Gasteiger partial charge in [0.15, 0.2) is 0 Å². The number of aryl methyl sites for hydroxylation is 1. The Hall–Kier alpha value is -1.62. The van der Waals surface area contributed by atoms with Crippen molar-refractivity contribution in [2.75, 3.05) is 13.2 Å². The second-order valence-corrected chi connectivity index (χ2v) is 6.20. The van der Waals surface area contributed by atoms with Crippen molar-refractivity contribution in [1.29, 1.82) is 0 Å². The lowest BCUT2D eigenvalue weighted by molar-refractivity contribution is -0.0114. The van der Waals surface area contributed by atoms with Crippen LogP contribution in [-0.4, -0.2) is 35.4 Å². The molecule has 4 heteroatoms. The highest BCUT2D eigenvalue weighted by atomic mass is 16.5. The highest BCUT2D eigenvalue weighted by Crippen LogP contribution is 2.13. The van der Waals surface area contributed by atoms with E-state index in [0.29, 0.717) is 19.7 Å². The Morgan fingerprint density at radius 3 is 2.43 bits per heavy atom. The minimum absolute atomic E-state index is 0.125. The maximum absolute atomic E-state index is 10.2. The van der Waals surface area contributed by atoms with Crippen LogP contribution in [0.2, 0.25) is 0 Å². The largest absolute Gasteiger partial charge is 0.465 e. The normalized spacial score (nSPS) is 13.0. The van der Waals surface area contributed by atoms with E-state index in [2.05, 4.69) is 17.0 Å². The smallest absolute Gasteiger partial charge is 0.118 e. The Morgan fingerprint density at radius 2 is 1.83 bits per heavy atom. The van der Waals surface area contributed by atoms with Crippen LogP contribution in [0.4, 0.5) is 0 Å². The molecule has 4 nitrogen and oxygen atoms in total. The molecular weight excluding hydrogens is 290 g/mol. The summed E-state index contributed by atoms with van der Waals surface area (Å²) in [5, 5.41) is 10.2. The quantitative estimate of drug-likeness (QED) is 0.770. The molecule has 0 bridgehead atoms. The second kappa shape index (κ2) is 8.87. The first-order valence-electron chi connectivity index (χ1n) is 8.14. The van der Waals surface area contributed by atoms with Gasteiger partial charge in [-0.1, -0.05) is 30.3 Å². The molecule has 1 atom stereocenters. The highest BCUT2D eigenvalue weighted by molar-refractivity contribution is 5.15. The average molecular weight is 317 g/mol. The average Bonchev–Trinajstić information content (AvgIpc) is 2.91. The lowest BCUT2D eigenvalue weighted by Gasteiger charge is -2.24. The van der Waals surface area contributed by atoms with Gasteiger partial charge in [-0.05, 0) is 38.5 Å². The molecule has 0 aliphatic heterocycles. The first-order valence-corrected chi connectivity index (χ1v) is 8.14. The van der Waals surface area contributed by atoms with Crippen molar-refractivity contribution < 1.29 is 14.3 Å². The van der Waals surface area contributed by atoms with Crippen LogP contribution in [0.3, 0.4) is 0 Å². The number of aliphatic hydroxyl groups excluding tert-OH is 1. The summed E-state index contributed by atoms with van der Waals surface area (Å²) < 4.78 is 11.2. The summed E-state index contributed by atoms with van der Waals surface area (Å²) in [7, 11) is 0. The number of rotatable bonds is 9. The molecule has 1 aromatic carbocycles. The number of aliphatic hydroxyl groups is 1. The molecule has 0 saturated heterocycles. The van der Waals surface area contributed by atoms with Crippen LogP contribution in [0.15, 0.2) is 46.9 Å². The van der Waals surface area contributed by atoms with Gasteiger partial charge in [-0.15, -0.1) is 0 Å². The Labute approximate surface area is 138 Å². The molecule has 2 rings (SSSR count). The topological polar surface area (TPSA) is 45.8 Å². The number of ether oxygens (including phenoxy) is 1. The molecule has 0 spiro atoms. The summed E-state index contributed by atoms with van der Waals surface area (Å²) in [4.78, 5) is 2.18. The molecule has 0 saturated carbocycles. The van der Waals surface area contributed by atoms with E-state index < -0.39 is 6.10 Å². The summed E-state index contributed by atoms with van der Waals surface area (Å²) >= 11 is 0. The van der Waals surface area contributed by atoms with E-state index >= 15 is 0 Å². The molecule has 0 radical (unpaired) electrons. The molecule has 0 aliphatic rings. The fourth-order valence-corrected chi connectivity index (χ4v) is 2.47. The molecule has 1 aromatic heterocycles. The Balaban J connectivity index is 1.98. The van der Waals surface area contributed by atoms with Crippen LogP contribution in [0.1, 0.15) is 30.9 Å². The monoisotopic (exact) mass is 317 g/mol. The van der Waals surface area contributed by atoms with Gasteiger partial charge in [-0.2, -0.15) is 0 Å². The van der Waals surface area contributed by atoms with E-state index in [1.165, 1.54) is 5.56 Å². The Bertz CT molecular complexity index is 565. The zero-order valence-electron chi connectivity index (χ0n) is 14.2. The summed E-state index contributed by atoms with van der Waals surface area (Å²) in [6.07, 6.45) is -0.392. The fourth-order valence-electron chi connectivity index (χ4n) is 2.47. The van der Waals surface area contributed by atoms with Crippen molar-refractivity contribution in [3.05, 3.63) is 59.5 Å². The zero-order chi connectivity index (χ0) is 16.7. The van der Waals surface area contributed by atoms with Crippen LogP contribution < -0.4 is 0 Å².